The number of carbonyl (C=O) groups is 2. The van der Waals surface area contributed by atoms with Crippen LogP contribution in [-0.2, 0) is 17.6 Å². The fourth-order valence-electron chi connectivity index (χ4n) is 2.46. The van der Waals surface area contributed by atoms with Crippen LogP contribution in [0.1, 0.15) is 26.1 Å². The highest BCUT2D eigenvalue weighted by molar-refractivity contribution is 7.17. The molecule has 0 atom stereocenters. The normalized spacial score (nSPS) is 10.5. The number of rotatable bonds is 6. The summed E-state index contributed by atoms with van der Waals surface area (Å²) >= 11 is 2.33. The minimum Gasteiger partial charge on any atom is -0.299 e. The Morgan fingerprint density at radius 2 is 1.93 bits per heavy atom. The van der Waals surface area contributed by atoms with Crippen LogP contribution in [0.4, 0.5) is 8.78 Å². The molecule has 0 saturated heterocycles. The first-order valence-electron chi connectivity index (χ1n) is 7.92. The molecule has 0 bridgehead atoms. The molecule has 0 saturated carbocycles. The predicted octanol–water partition coefficient (Wildman–Crippen LogP) is 3.77. The standard InChI is InChI=1S/C18H12F2N4O2S2/c1-9-16(28-18(22-9)17(26)24-21-2)14-8-27-15(23-14)7-10(25)6-11-12(19)4-3-5-13(11)20/h3-5,8H,6-7H2,1H3,(H,24,26). The van der Waals surface area contributed by atoms with Crippen LogP contribution < -0.4 is 5.43 Å². The highest BCUT2D eigenvalue weighted by Crippen LogP contribution is 2.31. The lowest BCUT2D eigenvalue weighted by atomic mass is 10.1. The van der Waals surface area contributed by atoms with Crippen molar-refractivity contribution >= 4 is 34.4 Å². The summed E-state index contributed by atoms with van der Waals surface area (Å²) in [6, 6.07) is 3.47. The molecule has 0 aliphatic rings. The molecule has 0 fully saturated rings. The number of benzene rings is 1. The lowest BCUT2D eigenvalue weighted by Gasteiger charge is -2.03. The average molecular weight is 418 g/mol. The van der Waals surface area contributed by atoms with Crippen LogP contribution in [-0.4, -0.2) is 21.7 Å². The summed E-state index contributed by atoms with van der Waals surface area (Å²) < 4.78 is 27.4. The Labute approximate surface area is 166 Å². The second-order valence-electron chi connectivity index (χ2n) is 5.71. The van der Waals surface area contributed by atoms with Gasteiger partial charge in [-0.25, -0.2) is 18.7 Å². The molecular formula is C18H12F2N4O2S2. The summed E-state index contributed by atoms with van der Waals surface area (Å²) in [6.45, 7) is 8.38. The van der Waals surface area contributed by atoms with Gasteiger partial charge in [0, 0.05) is 17.4 Å². The Bertz CT molecular complexity index is 1080. The maximum atomic E-state index is 13.7. The Hall–Kier alpha value is -3.03. The molecule has 10 heteroatoms. The van der Waals surface area contributed by atoms with Gasteiger partial charge in [0.1, 0.15) is 22.4 Å². The largest absolute Gasteiger partial charge is 0.346 e. The number of nitrogens with one attached hydrogen (secondary N) is 1. The highest BCUT2D eigenvalue weighted by Gasteiger charge is 2.20. The van der Waals surface area contributed by atoms with Crippen LogP contribution in [0.5, 0.6) is 0 Å². The smallest absolute Gasteiger partial charge is 0.299 e. The molecule has 2 heterocycles. The van der Waals surface area contributed by atoms with Gasteiger partial charge in [0.25, 0.3) is 0 Å². The van der Waals surface area contributed by atoms with Crippen molar-refractivity contribution in [1.29, 1.82) is 0 Å². The van der Waals surface area contributed by atoms with Gasteiger partial charge in [-0.1, -0.05) is 6.07 Å². The molecule has 2 aromatic heterocycles. The number of Topliss-reactive ketones (excluding diaryl/α,β-unsaturated/α-hetero) is 1. The molecule has 142 valence electrons. The first-order valence-corrected chi connectivity index (χ1v) is 9.62. The third-order valence-corrected chi connectivity index (χ3v) is 5.74. The van der Waals surface area contributed by atoms with E-state index < -0.39 is 17.5 Å². The number of thiazole rings is 2. The second-order valence-corrected chi connectivity index (χ2v) is 7.65. The third kappa shape index (κ3) is 4.27. The zero-order valence-corrected chi connectivity index (χ0v) is 16.1. The molecule has 1 aromatic carbocycles. The number of halogens is 2. The van der Waals surface area contributed by atoms with E-state index in [1.807, 2.05) is 5.43 Å². The van der Waals surface area contributed by atoms with Crippen LogP contribution in [0.25, 0.3) is 15.5 Å². The van der Waals surface area contributed by atoms with E-state index in [9.17, 15) is 18.4 Å². The van der Waals surface area contributed by atoms with E-state index in [-0.39, 0.29) is 29.2 Å². The van der Waals surface area contributed by atoms with Crippen molar-refractivity contribution in [2.75, 3.05) is 0 Å². The van der Waals surface area contributed by atoms with Crippen molar-refractivity contribution < 1.29 is 18.4 Å². The number of hydrogen-bond donors (Lipinski definition) is 1. The van der Waals surface area contributed by atoms with E-state index >= 15 is 0 Å². The summed E-state index contributed by atoms with van der Waals surface area (Å²) in [6.07, 6.45) is -0.407. The maximum absolute atomic E-state index is 13.7. The molecule has 3 rings (SSSR count). The molecule has 3 aromatic rings. The van der Waals surface area contributed by atoms with E-state index in [2.05, 4.69) is 14.9 Å². The molecule has 28 heavy (non-hydrogen) atoms. The molecule has 0 aliphatic carbocycles. The van der Waals surface area contributed by atoms with Gasteiger partial charge in [0.05, 0.1) is 22.7 Å². The number of amides is 1. The highest BCUT2D eigenvalue weighted by atomic mass is 32.1. The van der Waals surface area contributed by atoms with E-state index in [0.717, 1.165) is 23.5 Å². The summed E-state index contributed by atoms with van der Waals surface area (Å²) in [5.41, 5.74) is 2.88. The Kier molecular flexibility index (Phi) is 5.87. The molecule has 6 nitrogen and oxygen atoms in total. The SMILES string of the molecule is [C-]#[N+]NC(=O)c1nc(C)c(-c2csc(CC(=O)Cc3c(F)cccc3F)n2)s1. The number of hydrogen-bond acceptors (Lipinski definition) is 6. The van der Waals surface area contributed by atoms with Gasteiger partial charge in [-0.05, 0) is 24.5 Å². The first kappa shape index (κ1) is 19.7. The molecule has 0 aliphatic heterocycles. The van der Waals surface area contributed by atoms with Gasteiger partial charge in [-0.2, -0.15) is 11.5 Å². The monoisotopic (exact) mass is 418 g/mol. The second kappa shape index (κ2) is 8.33. The number of aromatic nitrogens is 2. The van der Waals surface area contributed by atoms with Crippen molar-refractivity contribution in [2.24, 2.45) is 0 Å². The molecule has 1 amide bonds. The van der Waals surface area contributed by atoms with Crippen molar-refractivity contribution in [3.63, 3.8) is 0 Å². The van der Waals surface area contributed by atoms with E-state index in [1.165, 1.54) is 17.4 Å². The molecule has 1 N–H and O–H groups in total. The molecular weight excluding hydrogens is 406 g/mol. The quantitative estimate of drug-likeness (QED) is 0.488. The van der Waals surface area contributed by atoms with Crippen LogP contribution in [0.3, 0.4) is 0 Å². The Morgan fingerprint density at radius 3 is 2.61 bits per heavy atom. The van der Waals surface area contributed by atoms with Crippen LogP contribution in [0.2, 0.25) is 0 Å². The average Bonchev–Trinajstić information content (AvgIpc) is 3.25. The van der Waals surface area contributed by atoms with E-state index in [0.29, 0.717) is 21.3 Å². The van der Waals surface area contributed by atoms with Crippen LogP contribution in [0, 0.1) is 25.1 Å². The van der Waals surface area contributed by atoms with Gasteiger partial charge in [-0.3, -0.25) is 9.59 Å². The van der Waals surface area contributed by atoms with Gasteiger partial charge in [0.2, 0.25) is 0 Å². The lowest BCUT2D eigenvalue weighted by Crippen LogP contribution is -2.14. The Morgan fingerprint density at radius 1 is 1.21 bits per heavy atom. The van der Waals surface area contributed by atoms with Gasteiger partial charge in [0.15, 0.2) is 5.01 Å². The fraction of sp³-hybridized carbons (Fsp3) is 0.167. The lowest BCUT2D eigenvalue weighted by molar-refractivity contribution is -0.117. The van der Waals surface area contributed by atoms with Crippen molar-refractivity contribution in [1.82, 2.24) is 15.4 Å². The maximum Gasteiger partial charge on any atom is 0.346 e. The molecule has 0 unspecified atom stereocenters. The number of ketones is 1. The minimum atomic E-state index is -0.751. The first-order chi connectivity index (χ1) is 13.4. The zero-order chi connectivity index (χ0) is 20.3. The third-order valence-electron chi connectivity index (χ3n) is 3.72. The van der Waals surface area contributed by atoms with E-state index in [1.54, 1.807) is 12.3 Å². The predicted molar refractivity (Wildman–Crippen MR) is 101 cm³/mol. The fourth-order valence-corrected chi connectivity index (χ4v) is 4.26. The van der Waals surface area contributed by atoms with Gasteiger partial charge >= 0.3 is 5.91 Å². The Balaban J connectivity index is 1.73. The number of carbonyl (C=O) groups excluding carboxylic acids is 2. The van der Waals surface area contributed by atoms with Crippen LogP contribution in [0.15, 0.2) is 23.6 Å². The number of nitrogens with zero attached hydrogens (tertiary/aromatic N) is 3. The topological polar surface area (TPSA) is 76.3 Å². The summed E-state index contributed by atoms with van der Waals surface area (Å²) in [7, 11) is 0. The minimum absolute atomic E-state index is 0.0542. The van der Waals surface area contributed by atoms with E-state index in [4.69, 9.17) is 6.57 Å². The summed E-state index contributed by atoms with van der Waals surface area (Å²) in [5, 5.41) is 2.37. The summed E-state index contributed by atoms with van der Waals surface area (Å²) in [5.74, 6) is -2.45. The van der Waals surface area contributed by atoms with Gasteiger partial charge in [-0.15, -0.1) is 22.7 Å². The zero-order valence-electron chi connectivity index (χ0n) is 14.5. The van der Waals surface area contributed by atoms with Crippen molar-refractivity contribution in [3.05, 3.63) is 68.0 Å². The van der Waals surface area contributed by atoms with Crippen molar-refractivity contribution in [3.8, 4) is 10.6 Å². The molecule has 0 spiro atoms. The summed E-state index contributed by atoms with van der Waals surface area (Å²) in [4.78, 5) is 35.9. The van der Waals surface area contributed by atoms with Crippen molar-refractivity contribution in [2.45, 2.75) is 19.8 Å². The number of aryl methyl sites for hydroxylation is 1. The molecule has 0 radical (unpaired) electrons. The van der Waals surface area contributed by atoms with Crippen LogP contribution >= 0.6 is 22.7 Å². The van der Waals surface area contributed by atoms with Gasteiger partial charge < -0.3 is 0 Å².